The van der Waals surface area contributed by atoms with Crippen LogP contribution in [-0.4, -0.2) is 20.9 Å². The summed E-state index contributed by atoms with van der Waals surface area (Å²) in [6.07, 6.45) is 4.90. The second-order valence-electron chi connectivity index (χ2n) is 4.94. The summed E-state index contributed by atoms with van der Waals surface area (Å²) in [5, 5.41) is 5.70. The maximum absolute atomic E-state index is 12.9. The van der Waals surface area contributed by atoms with Gasteiger partial charge in [0.15, 0.2) is 0 Å². The van der Waals surface area contributed by atoms with Gasteiger partial charge in [-0.25, -0.2) is 14.4 Å². The lowest BCUT2D eigenvalue weighted by Crippen LogP contribution is -2.15. The van der Waals surface area contributed by atoms with Gasteiger partial charge in [-0.2, -0.15) is 0 Å². The molecule has 0 saturated carbocycles. The van der Waals surface area contributed by atoms with Gasteiger partial charge in [0.1, 0.15) is 11.5 Å². The molecule has 3 aromatic rings. The molecule has 0 aliphatic carbocycles. The largest absolute Gasteiger partial charge is 0.350 e. The fourth-order valence-corrected chi connectivity index (χ4v) is 1.98. The second-order valence-corrected chi connectivity index (χ2v) is 4.94. The van der Waals surface area contributed by atoms with Crippen LogP contribution in [0.5, 0.6) is 0 Å². The summed E-state index contributed by atoms with van der Waals surface area (Å²) in [5.74, 6) is -0.410. The number of hydrogen-bond acceptors (Lipinski definition) is 5. The van der Waals surface area contributed by atoms with Crippen LogP contribution in [0.2, 0.25) is 0 Å². The number of pyridine rings is 1. The van der Waals surface area contributed by atoms with Gasteiger partial charge in [-0.1, -0.05) is 0 Å². The molecule has 1 aromatic carbocycles. The Labute approximate surface area is 137 Å². The molecule has 3 rings (SSSR count). The minimum absolute atomic E-state index is 0.214. The molecule has 0 unspecified atom stereocenters. The molecule has 0 atom stereocenters. The van der Waals surface area contributed by atoms with Crippen molar-refractivity contribution in [2.45, 2.75) is 6.54 Å². The van der Waals surface area contributed by atoms with Crippen LogP contribution in [0, 0.1) is 5.82 Å². The molecule has 0 radical (unpaired) electrons. The smallest absolute Gasteiger partial charge is 0.274 e. The fraction of sp³-hybridized carbons (Fsp3) is 0.0588. The van der Waals surface area contributed by atoms with Gasteiger partial charge in [0.2, 0.25) is 5.95 Å². The van der Waals surface area contributed by atoms with Crippen molar-refractivity contribution in [3.05, 3.63) is 78.1 Å². The molecule has 2 heterocycles. The third-order valence-corrected chi connectivity index (χ3v) is 3.19. The van der Waals surface area contributed by atoms with Crippen molar-refractivity contribution in [2.75, 3.05) is 10.6 Å². The predicted molar refractivity (Wildman–Crippen MR) is 87.9 cm³/mol. The Morgan fingerprint density at radius 1 is 1.00 bits per heavy atom. The lowest BCUT2D eigenvalue weighted by molar-refractivity contribution is 0.102. The Morgan fingerprint density at radius 2 is 1.75 bits per heavy atom. The summed E-state index contributed by atoms with van der Waals surface area (Å²) in [5.41, 5.74) is 1.73. The normalized spacial score (nSPS) is 10.2. The number of nitrogens with one attached hydrogen (secondary N) is 2. The number of anilines is 2. The van der Waals surface area contributed by atoms with E-state index in [1.807, 2.05) is 12.1 Å². The Kier molecular flexibility index (Phi) is 4.71. The van der Waals surface area contributed by atoms with E-state index in [4.69, 9.17) is 0 Å². The van der Waals surface area contributed by atoms with E-state index in [0.717, 1.165) is 5.56 Å². The SMILES string of the molecule is O=C(Nc1ccc(F)cc1)c1ccnc(NCc2ccncc2)n1. The van der Waals surface area contributed by atoms with E-state index in [9.17, 15) is 9.18 Å². The third-order valence-electron chi connectivity index (χ3n) is 3.19. The van der Waals surface area contributed by atoms with Crippen molar-refractivity contribution in [2.24, 2.45) is 0 Å². The number of nitrogens with zero attached hydrogens (tertiary/aromatic N) is 3. The highest BCUT2D eigenvalue weighted by molar-refractivity contribution is 6.02. The number of carbonyl (C=O) groups excluding carboxylic acids is 1. The molecular weight excluding hydrogens is 309 g/mol. The topological polar surface area (TPSA) is 79.8 Å². The van der Waals surface area contributed by atoms with Crippen molar-refractivity contribution in [1.82, 2.24) is 15.0 Å². The van der Waals surface area contributed by atoms with E-state index in [2.05, 4.69) is 25.6 Å². The van der Waals surface area contributed by atoms with Gasteiger partial charge in [0.05, 0.1) is 0 Å². The minimum Gasteiger partial charge on any atom is -0.350 e. The van der Waals surface area contributed by atoms with Gasteiger partial charge >= 0.3 is 0 Å². The summed E-state index contributed by atoms with van der Waals surface area (Å²) in [6, 6.07) is 10.8. The maximum atomic E-state index is 12.9. The highest BCUT2D eigenvalue weighted by atomic mass is 19.1. The van der Waals surface area contributed by atoms with Gasteiger partial charge in [-0.3, -0.25) is 9.78 Å². The Balaban J connectivity index is 1.65. The van der Waals surface area contributed by atoms with E-state index in [-0.39, 0.29) is 11.5 Å². The van der Waals surface area contributed by atoms with Crippen LogP contribution < -0.4 is 10.6 Å². The van der Waals surface area contributed by atoms with Crippen molar-refractivity contribution >= 4 is 17.5 Å². The fourth-order valence-electron chi connectivity index (χ4n) is 1.98. The first-order valence-corrected chi connectivity index (χ1v) is 7.23. The standard InChI is InChI=1S/C17H14FN5O/c18-13-1-3-14(4-2-13)22-16(24)15-7-10-20-17(23-15)21-11-12-5-8-19-9-6-12/h1-10H,11H2,(H,22,24)(H,20,21,23). The minimum atomic E-state index is -0.393. The molecule has 0 aliphatic rings. The quantitative estimate of drug-likeness (QED) is 0.755. The Bertz CT molecular complexity index is 824. The molecular formula is C17H14FN5O. The van der Waals surface area contributed by atoms with Crippen LogP contribution >= 0.6 is 0 Å². The van der Waals surface area contributed by atoms with E-state index in [1.54, 1.807) is 12.4 Å². The Hall–Kier alpha value is -3.35. The second kappa shape index (κ2) is 7.28. The molecule has 0 spiro atoms. The summed E-state index contributed by atoms with van der Waals surface area (Å²) in [7, 11) is 0. The Morgan fingerprint density at radius 3 is 2.50 bits per heavy atom. The lowest BCUT2D eigenvalue weighted by atomic mass is 10.3. The number of hydrogen-bond donors (Lipinski definition) is 2. The molecule has 1 amide bonds. The number of benzene rings is 1. The number of rotatable bonds is 5. The number of amides is 1. The van der Waals surface area contributed by atoms with Gasteiger partial charge in [0.25, 0.3) is 5.91 Å². The first kappa shape index (κ1) is 15.5. The highest BCUT2D eigenvalue weighted by Crippen LogP contribution is 2.10. The van der Waals surface area contributed by atoms with E-state index in [1.165, 1.54) is 36.5 Å². The van der Waals surface area contributed by atoms with Crippen LogP contribution in [-0.2, 0) is 6.54 Å². The monoisotopic (exact) mass is 323 g/mol. The van der Waals surface area contributed by atoms with Gasteiger partial charge in [-0.05, 0) is 48.0 Å². The molecule has 7 heteroatoms. The lowest BCUT2D eigenvalue weighted by Gasteiger charge is -2.07. The first-order chi connectivity index (χ1) is 11.7. The third kappa shape index (κ3) is 4.10. The zero-order valence-electron chi connectivity index (χ0n) is 12.6. The summed E-state index contributed by atoms with van der Waals surface area (Å²) < 4.78 is 12.9. The first-order valence-electron chi connectivity index (χ1n) is 7.23. The number of carbonyl (C=O) groups is 1. The molecule has 0 saturated heterocycles. The molecule has 0 aliphatic heterocycles. The molecule has 2 aromatic heterocycles. The molecule has 0 bridgehead atoms. The van der Waals surface area contributed by atoms with Gasteiger partial charge in [0, 0.05) is 30.8 Å². The van der Waals surface area contributed by atoms with Crippen molar-refractivity contribution in [3.63, 3.8) is 0 Å². The van der Waals surface area contributed by atoms with Crippen molar-refractivity contribution in [1.29, 1.82) is 0 Å². The zero-order chi connectivity index (χ0) is 16.8. The van der Waals surface area contributed by atoms with E-state index in [0.29, 0.717) is 18.2 Å². The van der Waals surface area contributed by atoms with Gasteiger partial charge < -0.3 is 10.6 Å². The predicted octanol–water partition coefficient (Wildman–Crippen LogP) is 2.88. The van der Waals surface area contributed by atoms with Crippen LogP contribution in [0.1, 0.15) is 16.1 Å². The van der Waals surface area contributed by atoms with Crippen LogP contribution in [0.15, 0.2) is 61.1 Å². The summed E-state index contributed by atoms with van der Waals surface area (Å²) >= 11 is 0. The molecule has 2 N–H and O–H groups in total. The van der Waals surface area contributed by atoms with Crippen LogP contribution in [0.3, 0.4) is 0 Å². The zero-order valence-corrected chi connectivity index (χ0v) is 12.6. The van der Waals surface area contributed by atoms with E-state index < -0.39 is 5.91 Å². The highest BCUT2D eigenvalue weighted by Gasteiger charge is 2.09. The molecule has 120 valence electrons. The number of halogens is 1. The number of aromatic nitrogens is 3. The average Bonchev–Trinajstić information content (AvgIpc) is 2.63. The summed E-state index contributed by atoms with van der Waals surface area (Å²) in [6.45, 7) is 0.519. The molecule has 24 heavy (non-hydrogen) atoms. The maximum Gasteiger partial charge on any atom is 0.274 e. The summed E-state index contributed by atoms with van der Waals surface area (Å²) in [4.78, 5) is 24.4. The average molecular weight is 323 g/mol. The van der Waals surface area contributed by atoms with Crippen LogP contribution in [0.25, 0.3) is 0 Å². The van der Waals surface area contributed by atoms with Crippen molar-refractivity contribution in [3.8, 4) is 0 Å². The van der Waals surface area contributed by atoms with Crippen LogP contribution in [0.4, 0.5) is 16.0 Å². The van der Waals surface area contributed by atoms with Gasteiger partial charge in [-0.15, -0.1) is 0 Å². The molecule has 0 fully saturated rings. The van der Waals surface area contributed by atoms with E-state index >= 15 is 0 Å². The molecule has 6 nitrogen and oxygen atoms in total. The van der Waals surface area contributed by atoms with Crippen molar-refractivity contribution < 1.29 is 9.18 Å².